The average molecular weight is 365 g/mol. The van der Waals surface area contributed by atoms with Crippen LogP contribution in [0, 0.1) is 0 Å². The van der Waals surface area contributed by atoms with Gasteiger partial charge in [0, 0.05) is 11.9 Å². The van der Waals surface area contributed by atoms with Crippen LogP contribution in [0.25, 0.3) is 0 Å². The van der Waals surface area contributed by atoms with E-state index in [2.05, 4.69) is 44.1 Å². The molecule has 140 valence electrons. The van der Waals surface area contributed by atoms with Crippen molar-refractivity contribution in [2.75, 3.05) is 11.9 Å². The zero-order chi connectivity index (χ0) is 19.7. The number of nitrogens with zero attached hydrogens (tertiary/aromatic N) is 2. The SMILES string of the molecule is CC(C)c1ccc(NC(=O)CN2C(=O)c3cccnc3C2=O)c(C(C)C)c1. The number of amides is 3. The van der Waals surface area contributed by atoms with Crippen LogP contribution >= 0.6 is 0 Å². The van der Waals surface area contributed by atoms with Crippen molar-refractivity contribution in [3.8, 4) is 0 Å². The van der Waals surface area contributed by atoms with E-state index in [0.717, 1.165) is 10.5 Å². The summed E-state index contributed by atoms with van der Waals surface area (Å²) in [5.74, 6) is -0.827. The molecule has 2 aromatic rings. The number of benzene rings is 1. The lowest BCUT2D eigenvalue weighted by molar-refractivity contribution is -0.116. The highest BCUT2D eigenvalue weighted by Crippen LogP contribution is 2.28. The molecule has 27 heavy (non-hydrogen) atoms. The maximum absolute atomic E-state index is 12.5. The summed E-state index contributed by atoms with van der Waals surface area (Å²) in [6.45, 7) is 8.02. The summed E-state index contributed by atoms with van der Waals surface area (Å²) in [5.41, 5.74) is 3.26. The summed E-state index contributed by atoms with van der Waals surface area (Å²) < 4.78 is 0. The topological polar surface area (TPSA) is 79.4 Å². The van der Waals surface area contributed by atoms with E-state index in [4.69, 9.17) is 0 Å². The second-order valence-corrected chi connectivity index (χ2v) is 7.30. The number of pyridine rings is 1. The van der Waals surface area contributed by atoms with E-state index >= 15 is 0 Å². The van der Waals surface area contributed by atoms with Crippen molar-refractivity contribution in [2.45, 2.75) is 39.5 Å². The van der Waals surface area contributed by atoms with Gasteiger partial charge in [-0.25, -0.2) is 0 Å². The molecule has 3 amide bonds. The van der Waals surface area contributed by atoms with Crippen molar-refractivity contribution in [1.29, 1.82) is 0 Å². The minimum absolute atomic E-state index is 0.0967. The zero-order valence-corrected chi connectivity index (χ0v) is 15.9. The maximum atomic E-state index is 12.5. The van der Waals surface area contributed by atoms with Crippen molar-refractivity contribution >= 4 is 23.4 Å². The molecule has 0 saturated heterocycles. The third-order valence-electron chi connectivity index (χ3n) is 4.67. The Hall–Kier alpha value is -3.02. The van der Waals surface area contributed by atoms with Gasteiger partial charge in [-0.3, -0.25) is 24.3 Å². The van der Waals surface area contributed by atoms with E-state index in [9.17, 15) is 14.4 Å². The summed E-state index contributed by atoms with van der Waals surface area (Å²) >= 11 is 0. The Kier molecular flexibility index (Phi) is 5.08. The highest BCUT2D eigenvalue weighted by molar-refractivity contribution is 6.21. The zero-order valence-electron chi connectivity index (χ0n) is 15.9. The van der Waals surface area contributed by atoms with Gasteiger partial charge in [-0.05, 0) is 41.2 Å². The van der Waals surface area contributed by atoms with Crippen LogP contribution < -0.4 is 5.32 Å². The molecule has 1 aromatic heterocycles. The monoisotopic (exact) mass is 365 g/mol. The average Bonchev–Trinajstić information content (AvgIpc) is 2.87. The lowest BCUT2D eigenvalue weighted by Crippen LogP contribution is -2.37. The van der Waals surface area contributed by atoms with E-state index in [1.165, 1.54) is 11.8 Å². The van der Waals surface area contributed by atoms with Crippen LogP contribution in [-0.2, 0) is 4.79 Å². The minimum atomic E-state index is -0.537. The van der Waals surface area contributed by atoms with Gasteiger partial charge in [-0.2, -0.15) is 0 Å². The lowest BCUT2D eigenvalue weighted by atomic mass is 9.94. The summed E-state index contributed by atoms with van der Waals surface area (Å²) in [6, 6.07) is 9.10. The Morgan fingerprint density at radius 2 is 1.81 bits per heavy atom. The number of rotatable bonds is 5. The lowest BCUT2D eigenvalue weighted by Gasteiger charge is -2.18. The third kappa shape index (κ3) is 3.60. The first kappa shape index (κ1) is 18.8. The van der Waals surface area contributed by atoms with E-state index < -0.39 is 17.7 Å². The van der Waals surface area contributed by atoms with Crippen LogP contribution in [0.4, 0.5) is 5.69 Å². The number of carbonyl (C=O) groups excluding carboxylic acids is 3. The Morgan fingerprint density at radius 3 is 2.44 bits per heavy atom. The predicted molar refractivity (Wildman–Crippen MR) is 103 cm³/mol. The molecule has 0 saturated carbocycles. The molecule has 6 heteroatoms. The van der Waals surface area contributed by atoms with Gasteiger partial charge in [0.25, 0.3) is 11.8 Å². The van der Waals surface area contributed by atoms with E-state index in [0.29, 0.717) is 11.6 Å². The van der Waals surface area contributed by atoms with Crippen LogP contribution in [0.1, 0.15) is 71.5 Å². The van der Waals surface area contributed by atoms with Crippen LogP contribution in [0.15, 0.2) is 36.5 Å². The number of aromatic nitrogens is 1. The molecule has 2 heterocycles. The molecule has 0 bridgehead atoms. The van der Waals surface area contributed by atoms with Gasteiger partial charge >= 0.3 is 0 Å². The highest BCUT2D eigenvalue weighted by Gasteiger charge is 2.37. The maximum Gasteiger partial charge on any atom is 0.280 e. The number of fused-ring (bicyclic) bond motifs is 1. The molecule has 1 aliphatic heterocycles. The normalized spacial score (nSPS) is 13.5. The van der Waals surface area contributed by atoms with Crippen molar-refractivity contribution in [1.82, 2.24) is 9.88 Å². The Labute approximate surface area is 158 Å². The van der Waals surface area contributed by atoms with E-state index in [-0.39, 0.29) is 23.7 Å². The number of nitrogens with one attached hydrogen (secondary N) is 1. The quantitative estimate of drug-likeness (QED) is 0.822. The van der Waals surface area contributed by atoms with Crippen molar-refractivity contribution in [3.05, 3.63) is 58.9 Å². The molecule has 0 spiro atoms. The molecule has 1 N–H and O–H groups in total. The number of imide groups is 1. The highest BCUT2D eigenvalue weighted by atomic mass is 16.2. The van der Waals surface area contributed by atoms with Crippen LogP contribution in [0.5, 0.6) is 0 Å². The first-order valence-corrected chi connectivity index (χ1v) is 9.04. The number of hydrogen-bond donors (Lipinski definition) is 1. The van der Waals surface area contributed by atoms with Gasteiger partial charge in [-0.15, -0.1) is 0 Å². The van der Waals surface area contributed by atoms with Gasteiger partial charge < -0.3 is 5.32 Å². The number of anilines is 1. The van der Waals surface area contributed by atoms with E-state index in [1.54, 1.807) is 12.1 Å². The Morgan fingerprint density at radius 1 is 1.07 bits per heavy atom. The van der Waals surface area contributed by atoms with Crippen LogP contribution in [0.3, 0.4) is 0 Å². The fraction of sp³-hybridized carbons (Fsp3) is 0.333. The molecule has 1 aromatic carbocycles. The Bertz CT molecular complexity index is 884. The summed E-state index contributed by atoms with van der Waals surface area (Å²) in [6.07, 6.45) is 1.46. The number of hydrogen-bond acceptors (Lipinski definition) is 4. The van der Waals surface area contributed by atoms with Crippen molar-refractivity contribution in [3.63, 3.8) is 0 Å². The summed E-state index contributed by atoms with van der Waals surface area (Å²) in [7, 11) is 0. The second-order valence-electron chi connectivity index (χ2n) is 7.30. The number of carbonyl (C=O) groups is 3. The predicted octanol–water partition coefficient (Wildman–Crippen LogP) is 3.56. The van der Waals surface area contributed by atoms with Gasteiger partial charge in [0.15, 0.2) is 0 Å². The van der Waals surface area contributed by atoms with Gasteiger partial charge in [0.05, 0.1) is 5.56 Å². The molecule has 6 nitrogen and oxygen atoms in total. The molecule has 0 fully saturated rings. The standard InChI is InChI=1S/C21H23N3O3/c1-12(2)14-7-8-17(16(10-14)13(3)4)23-18(25)11-24-20(26)15-6-5-9-22-19(15)21(24)27/h5-10,12-13H,11H2,1-4H3,(H,23,25). The summed E-state index contributed by atoms with van der Waals surface area (Å²) in [5, 5.41) is 2.85. The molecule has 0 unspecified atom stereocenters. The molecule has 0 aliphatic carbocycles. The molecular weight excluding hydrogens is 342 g/mol. The Balaban J connectivity index is 1.77. The fourth-order valence-corrected chi connectivity index (χ4v) is 3.12. The smallest absolute Gasteiger partial charge is 0.280 e. The van der Waals surface area contributed by atoms with Gasteiger partial charge in [0.2, 0.25) is 5.91 Å². The first-order chi connectivity index (χ1) is 12.8. The van der Waals surface area contributed by atoms with Crippen molar-refractivity contribution < 1.29 is 14.4 Å². The molecule has 3 rings (SSSR count). The molecule has 1 aliphatic rings. The van der Waals surface area contributed by atoms with Crippen LogP contribution in [-0.4, -0.2) is 34.2 Å². The van der Waals surface area contributed by atoms with Gasteiger partial charge in [0.1, 0.15) is 12.2 Å². The molecular formula is C21H23N3O3. The van der Waals surface area contributed by atoms with E-state index in [1.807, 2.05) is 12.1 Å². The molecule has 0 atom stereocenters. The fourth-order valence-electron chi connectivity index (χ4n) is 3.12. The van der Waals surface area contributed by atoms with Crippen molar-refractivity contribution in [2.24, 2.45) is 0 Å². The summed E-state index contributed by atoms with van der Waals surface area (Å²) in [4.78, 5) is 42.1. The molecule has 0 radical (unpaired) electrons. The first-order valence-electron chi connectivity index (χ1n) is 9.04. The largest absolute Gasteiger partial charge is 0.324 e. The minimum Gasteiger partial charge on any atom is -0.324 e. The second kappa shape index (κ2) is 7.31. The van der Waals surface area contributed by atoms with Gasteiger partial charge in [-0.1, -0.05) is 39.8 Å². The third-order valence-corrected chi connectivity index (χ3v) is 4.67. The van der Waals surface area contributed by atoms with Crippen LogP contribution in [0.2, 0.25) is 0 Å².